The Morgan fingerprint density at radius 2 is 1.75 bits per heavy atom. The molecular weight excluding hydrogens is 256 g/mol. The SMILES string of the molecule is CCC(C)c1ccc(C(=O)OCCOCCOC)cc1. The quantitative estimate of drug-likeness (QED) is 0.515. The van der Waals surface area contributed by atoms with Crippen LogP contribution in [0.15, 0.2) is 24.3 Å². The van der Waals surface area contributed by atoms with Crippen LogP contribution < -0.4 is 0 Å². The average molecular weight is 280 g/mol. The number of hydrogen-bond donors (Lipinski definition) is 0. The highest BCUT2D eigenvalue weighted by molar-refractivity contribution is 5.89. The van der Waals surface area contributed by atoms with Crippen molar-refractivity contribution < 1.29 is 19.0 Å². The van der Waals surface area contributed by atoms with Crippen LogP contribution in [0.5, 0.6) is 0 Å². The van der Waals surface area contributed by atoms with Crippen molar-refractivity contribution in [2.75, 3.05) is 33.5 Å². The maximum atomic E-state index is 11.8. The molecule has 1 rings (SSSR count). The Labute approximate surface area is 121 Å². The standard InChI is InChI=1S/C16H24O4/c1-4-13(2)14-5-7-15(8-6-14)16(17)20-12-11-19-10-9-18-3/h5-8,13H,4,9-12H2,1-3H3. The minimum atomic E-state index is -0.309. The van der Waals surface area contributed by atoms with Gasteiger partial charge in [-0.3, -0.25) is 0 Å². The first-order valence-electron chi connectivity index (χ1n) is 7.02. The second kappa shape index (κ2) is 9.50. The van der Waals surface area contributed by atoms with Crippen LogP contribution in [0.2, 0.25) is 0 Å². The first kappa shape index (κ1) is 16.7. The lowest BCUT2D eigenvalue weighted by Gasteiger charge is -2.10. The van der Waals surface area contributed by atoms with Crippen molar-refractivity contribution in [2.45, 2.75) is 26.2 Å². The van der Waals surface area contributed by atoms with Gasteiger partial charge in [0.15, 0.2) is 0 Å². The molecule has 0 aliphatic rings. The third-order valence-electron chi connectivity index (χ3n) is 3.22. The molecule has 1 aromatic carbocycles. The second-order valence-electron chi connectivity index (χ2n) is 4.67. The van der Waals surface area contributed by atoms with E-state index in [4.69, 9.17) is 14.2 Å². The van der Waals surface area contributed by atoms with Gasteiger partial charge < -0.3 is 14.2 Å². The monoisotopic (exact) mass is 280 g/mol. The topological polar surface area (TPSA) is 44.8 Å². The molecule has 0 bridgehead atoms. The molecule has 0 N–H and O–H groups in total. The number of carbonyl (C=O) groups excluding carboxylic acids is 1. The Bertz CT molecular complexity index is 386. The molecule has 4 heteroatoms. The van der Waals surface area contributed by atoms with E-state index in [1.54, 1.807) is 7.11 Å². The lowest BCUT2D eigenvalue weighted by atomic mass is 9.98. The number of carbonyl (C=O) groups is 1. The Kier molecular flexibility index (Phi) is 7.92. The lowest BCUT2D eigenvalue weighted by Crippen LogP contribution is -2.12. The van der Waals surface area contributed by atoms with E-state index in [-0.39, 0.29) is 12.6 Å². The molecule has 1 aromatic rings. The normalized spacial score (nSPS) is 12.2. The van der Waals surface area contributed by atoms with E-state index in [9.17, 15) is 4.79 Å². The van der Waals surface area contributed by atoms with Gasteiger partial charge in [0.05, 0.1) is 25.4 Å². The van der Waals surface area contributed by atoms with E-state index in [2.05, 4.69) is 13.8 Å². The van der Waals surface area contributed by atoms with Crippen molar-refractivity contribution in [1.29, 1.82) is 0 Å². The molecule has 20 heavy (non-hydrogen) atoms. The highest BCUT2D eigenvalue weighted by Gasteiger charge is 2.08. The predicted octanol–water partition coefficient (Wildman–Crippen LogP) is 3.02. The van der Waals surface area contributed by atoms with E-state index in [0.29, 0.717) is 31.3 Å². The fourth-order valence-electron chi connectivity index (χ4n) is 1.70. The zero-order chi connectivity index (χ0) is 14.8. The van der Waals surface area contributed by atoms with Gasteiger partial charge in [-0.2, -0.15) is 0 Å². The van der Waals surface area contributed by atoms with Crippen LogP contribution in [0.4, 0.5) is 0 Å². The first-order chi connectivity index (χ1) is 9.69. The number of benzene rings is 1. The summed E-state index contributed by atoms with van der Waals surface area (Å²) in [4.78, 5) is 11.8. The smallest absolute Gasteiger partial charge is 0.338 e. The Morgan fingerprint density at radius 1 is 1.10 bits per heavy atom. The zero-order valence-corrected chi connectivity index (χ0v) is 12.6. The molecule has 0 heterocycles. The molecule has 0 radical (unpaired) electrons. The summed E-state index contributed by atoms with van der Waals surface area (Å²) in [6, 6.07) is 7.60. The maximum absolute atomic E-state index is 11.8. The maximum Gasteiger partial charge on any atom is 0.338 e. The average Bonchev–Trinajstić information content (AvgIpc) is 2.50. The number of methoxy groups -OCH3 is 1. The lowest BCUT2D eigenvalue weighted by molar-refractivity contribution is 0.0214. The summed E-state index contributed by atoms with van der Waals surface area (Å²) < 4.78 is 15.2. The van der Waals surface area contributed by atoms with Gasteiger partial charge in [0.2, 0.25) is 0 Å². The summed E-state index contributed by atoms with van der Waals surface area (Å²) in [5.74, 6) is 0.199. The van der Waals surface area contributed by atoms with Crippen LogP contribution in [0.25, 0.3) is 0 Å². The molecule has 0 aromatic heterocycles. The van der Waals surface area contributed by atoms with Crippen molar-refractivity contribution in [2.24, 2.45) is 0 Å². The van der Waals surface area contributed by atoms with Gasteiger partial charge in [0.1, 0.15) is 6.61 Å². The number of esters is 1. The third-order valence-corrected chi connectivity index (χ3v) is 3.22. The molecule has 112 valence electrons. The van der Waals surface area contributed by atoms with Crippen LogP contribution in [-0.4, -0.2) is 39.5 Å². The summed E-state index contributed by atoms with van der Waals surface area (Å²) in [6.45, 7) is 6.03. The highest BCUT2D eigenvalue weighted by atomic mass is 16.6. The van der Waals surface area contributed by atoms with Crippen LogP contribution in [0, 0.1) is 0 Å². The molecule has 0 fully saturated rings. The van der Waals surface area contributed by atoms with Gasteiger partial charge in [-0.25, -0.2) is 4.79 Å². The summed E-state index contributed by atoms with van der Waals surface area (Å²) in [5.41, 5.74) is 1.82. The van der Waals surface area contributed by atoms with Crippen LogP contribution in [0.1, 0.15) is 42.1 Å². The van der Waals surface area contributed by atoms with E-state index in [0.717, 1.165) is 6.42 Å². The molecule has 0 amide bonds. The first-order valence-corrected chi connectivity index (χ1v) is 7.02. The van der Waals surface area contributed by atoms with E-state index in [1.807, 2.05) is 24.3 Å². The van der Waals surface area contributed by atoms with Gasteiger partial charge in [0.25, 0.3) is 0 Å². The fraction of sp³-hybridized carbons (Fsp3) is 0.562. The van der Waals surface area contributed by atoms with Gasteiger partial charge in [0, 0.05) is 7.11 Å². The number of rotatable bonds is 9. The summed E-state index contributed by atoms with van der Waals surface area (Å²) in [6.07, 6.45) is 1.09. The predicted molar refractivity (Wildman–Crippen MR) is 78.1 cm³/mol. The highest BCUT2D eigenvalue weighted by Crippen LogP contribution is 2.18. The van der Waals surface area contributed by atoms with E-state index >= 15 is 0 Å². The molecule has 4 nitrogen and oxygen atoms in total. The Balaban J connectivity index is 2.32. The van der Waals surface area contributed by atoms with E-state index in [1.165, 1.54) is 5.56 Å². The Morgan fingerprint density at radius 3 is 2.35 bits per heavy atom. The van der Waals surface area contributed by atoms with Gasteiger partial charge in [-0.05, 0) is 30.0 Å². The molecule has 1 atom stereocenters. The molecule has 0 saturated heterocycles. The van der Waals surface area contributed by atoms with Crippen molar-refractivity contribution in [3.05, 3.63) is 35.4 Å². The molecule has 0 aliphatic carbocycles. The van der Waals surface area contributed by atoms with Crippen LogP contribution in [-0.2, 0) is 14.2 Å². The molecule has 0 aliphatic heterocycles. The number of hydrogen-bond acceptors (Lipinski definition) is 4. The molecule has 0 saturated carbocycles. The van der Waals surface area contributed by atoms with Crippen molar-refractivity contribution >= 4 is 5.97 Å². The minimum Gasteiger partial charge on any atom is -0.460 e. The summed E-state index contributed by atoms with van der Waals surface area (Å²) >= 11 is 0. The van der Waals surface area contributed by atoms with Crippen molar-refractivity contribution in [3.8, 4) is 0 Å². The third kappa shape index (κ3) is 5.72. The van der Waals surface area contributed by atoms with Gasteiger partial charge in [-0.1, -0.05) is 26.0 Å². The van der Waals surface area contributed by atoms with Crippen molar-refractivity contribution in [3.63, 3.8) is 0 Å². The van der Waals surface area contributed by atoms with Gasteiger partial charge >= 0.3 is 5.97 Å². The van der Waals surface area contributed by atoms with Gasteiger partial charge in [-0.15, -0.1) is 0 Å². The van der Waals surface area contributed by atoms with Crippen LogP contribution in [0.3, 0.4) is 0 Å². The summed E-state index contributed by atoms with van der Waals surface area (Å²) in [5, 5.41) is 0. The molecular formula is C16H24O4. The zero-order valence-electron chi connectivity index (χ0n) is 12.6. The second-order valence-corrected chi connectivity index (χ2v) is 4.67. The molecule has 1 unspecified atom stereocenters. The molecule has 0 spiro atoms. The minimum absolute atomic E-state index is 0.260. The van der Waals surface area contributed by atoms with Crippen LogP contribution >= 0.6 is 0 Å². The fourth-order valence-corrected chi connectivity index (χ4v) is 1.70. The largest absolute Gasteiger partial charge is 0.460 e. The van der Waals surface area contributed by atoms with E-state index < -0.39 is 0 Å². The number of ether oxygens (including phenoxy) is 3. The Hall–Kier alpha value is -1.39. The van der Waals surface area contributed by atoms with Crippen molar-refractivity contribution in [1.82, 2.24) is 0 Å². The summed E-state index contributed by atoms with van der Waals surface area (Å²) in [7, 11) is 1.62.